The molecule has 2 heterocycles. The van der Waals surface area contributed by atoms with Gasteiger partial charge in [-0.05, 0) is 62.4 Å². The van der Waals surface area contributed by atoms with E-state index in [-0.39, 0.29) is 11.9 Å². The zero-order valence-electron chi connectivity index (χ0n) is 12.4. The molecule has 20 heavy (non-hydrogen) atoms. The predicted molar refractivity (Wildman–Crippen MR) is 80.2 cm³/mol. The Balaban J connectivity index is 1.79. The molecule has 1 saturated heterocycles. The standard InChI is InChI=1S/C16H25N3O/c1-12(15-4-3-7-18-11-15)10-16(20)19-13(2)14-5-8-17-9-6-14/h5-6,8-9,12-13,15,18H,3-4,7,10-11H2,1-2H3,(H,19,20). The van der Waals surface area contributed by atoms with Crippen molar-refractivity contribution in [1.29, 1.82) is 0 Å². The molecular formula is C16H25N3O. The third-order valence-electron chi connectivity index (χ3n) is 4.23. The van der Waals surface area contributed by atoms with Crippen LogP contribution in [0.1, 0.15) is 44.7 Å². The highest BCUT2D eigenvalue weighted by molar-refractivity contribution is 5.76. The smallest absolute Gasteiger partial charge is 0.220 e. The van der Waals surface area contributed by atoms with Gasteiger partial charge in [0.2, 0.25) is 5.91 Å². The average Bonchev–Trinajstić information content (AvgIpc) is 2.49. The van der Waals surface area contributed by atoms with Crippen molar-refractivity contribution in [2.45, 2.75) is 39.2 Å². The van der Waals surface area contributed by atoms with Crippen molar-refractivity contribution < 1.29 is 4.79 Å². The Morgan fingerprint density at radius 2 is 2.20 bits per heavy atom. The summed E-state index contributed by atoms with van der Waals surface area (Å²) in [5.41, 5.74) is 1.10. The van der Waals surface area contributed by atoms with Gasteiger partial charge in [0.05, 0.1) is 6.04 Å². The van der Waals surface area contributed by atoms with Crippen LogP contribution in [0.2, 0.25) is 0 Å². The van der Waals surface area contributed by atoms with Crippen LogP contribution in [0.4, 0.5) is 0 Å². The Bertz CT molecular complexity index is 415. The summed E-state index contributed by atoms with van der Waals surface area (Å²) in [4.78, 5) is 16.1. The van der Waals surface area contributed by atoms with Gasteiger partial charge in [0.25, 0.3) is 0 Å². The topological polar surface area (TPSA) is 54.0 Å². The Morgan fingerprint density at radius 1 is 1.45 bits per heavy atom. The van der Waals surface area contributed by atoms with Crippen LogP contribution in [0.15, 0.2) is 24.5 Å². The second kappa shape index (κ2) is 7.39. The molecule has 3 unspecified atom stereocenters. The first-order chi connectivity index (χ1) is 9.66. The lowest BCUT2D eigenvalue weighted by Gasteiger charge is -2.28. The van der Waals surface area contributed by atoms with Gasteiger partial charge in [-0.1, -0.05) is 6.92 Å². The monoisotopic (exact) mass is 275 g/mol. The van der Waals surface area contributed by atoms with E-state index in [4.69, 9.17) is 0 Å². The zero-order chi connectivity index (χ0) is 14.4. The minimum atomic E-state index is 0.0437. The summed E-state index contributed by atoms with van der Waals surface area (Å²) in [5.74, 6) is 1.21. The predicted octanol–water partition coefficient (Wildman–Crippen LogP) is 2.28. The van der Waals surface area contributed by atoms with Gasteiger partial charge in [0.15, 0.2) is 0 Å². The van der Waals surface area contributed by atoms with E-state index in [1.165, 1.54) is 12.8 Å². The van der Waals surface area contributed by atoms with Gasteiger partial charge in [0.1, 0.15) is 0 Å². The first-order valence-corrected chi connectivity index (χ1v) is 7.57. The highest BCUT2D eigenvalue weighted by Gasteiger charge is 2.22. The molecular weight excluding hydrogens is 250 g/mol. The van der Waals surface area contributed by atoms with Crippen molar-refractivity contribution in [3.63, 3.8) is 0 Å². The fourth-order valence-corrected chi connectivity index (χ4v) is 2.86. The third kappa shape index (κ3) is 4.30. The molecule has 1 fully saturated rings. The molecule has 0 saturated carbocycles. The largest absolute Gasteiger partial charge is 0.350 e. The highest BCUT2D eigenvalue weighted by atomic mass is 16.1. The Morgan fingerprint density at radius 3 is 2.85 bits per heavy atom. The molecule has 0 aromatic carbocycles. The number of rotatable bonds is 5. The number of carbonyl (C=O) groups is 1. The van der Waals surface area contributed by atoms with E-state index in [9.17, 15) is 4.79 Å². The zero-order valence-corrected chi connectivity index (χ0v) is 12.4. The number of pyridine rings is 1. The summed E-state index contributed by atoms with van der Waals surface area (Å²) in [6.45, 7) is 6.37. The lowest BCUT2D eigenvalue weighted by Crippen LogP contribution is -2.36. The van der Waals surface area contributed by atoms with Crippen LogP contribution >= 0.6 is 0 Å². The van der Waals surface area contributed by atoms with Crippen molar-refractivity contribution in [3.8, 4) is 0 Å². The van der Waals surface area contributed by atoms with Crippen LogP contribution < -0.4 is 10.6 Å². The third-order valence-corrected chi connectivity index (χ3v) is 4.23. The van der Waals surface area contributed by atoms with E-state index in [2.05, 4.69) is 22.5 Å². The number of nitrogens with zero attached hydrogens (tertiary/aromatic N) is 1. The first kappa shape index (κ1) is 15.0. The number of carbonyl (C=O) groups excluding carboxylic acids is 1. The number of hydrogen-bond donors (Lipinski definition) is 2. The van der Waals surface area contributed by atoms with E-state index in [0.29, 0.717) is 18.3 Å². The van der Waals surface area contributed by atoms with Crippen LogP contribution in [-0.2, 0) is 4.79 Å². The fourth-order valence-electron chi connectivity index (χ4n) is 2.86. The van der Waals surface area contributed by atoms with E-state index in [1.54, 1.807) is 12.4 Å². The minimum absolute atomic E-state index is 0.0437. The van der Waals surface area contributed by atoms with E-state index >= 15 is 0 Å². The molecule has 0 bridgehead atoms. The molecule has 0 spiro atoms. The maximum atomic E-state index is 12.1. The van der Waals surface area contributed by atoms with Gasteiger partial charge in [-0.2, -0.15) is 0 Å². The van der Waals surface area contributed by atoms with E-state index in [1.807, 2.05) is 19.1 Å². The van der Waals surface area contributed by atoms with Crippen molar-refractivity contribution in [3.05, 3.63) is 30.1 Å². The summed E-state index contributed by atoms with van der Waals surface area (Å²) in [6, 6.07) is 3.93. The molecule has 1 aliphatic heterocycles. The molecule has 2 N–H and O–H groups in total. The van der Waals surface area contributed by atoms with Gasteiger partial charge in [0, 0.05) is 18.8 Å². The van der Waals surface area contributed by atoms with Crippen LogP contribution in [0.3, 0.4) is 0 Å². The molecule has 4 nitrogen and oxygen atoms in total. The SMILES string of the molecule is CC(NC(=O)CC(C)C1CCCNC1)c1ccncc1. The Hall–Kier alpha value is -1.42. The maximum Gasteiger partial charge on any atom is 0.220 e. The quantitative estimate of drug-likeness (QED) is 0.867. The van der Waals surface area contributed by atoms with Crippen LogP contribution in [0.25, 0.3) is 0 Å². The second-order valence-electron chi connectivity index (χ2n) is 5.86. The lowest BCUT2D eigenvalue weighted by atomic mass is 9.85. The van der Waals surface area contributed by atoms with Gasteiger partial charge in [-0.15, -0.1) is 0 Å². The second-order valence-corrected chi connectivity index (χ2v) is 5.86. The minimum Gasteiger partial charge on any atom is -0.350 e. The molecule has 1 aliphatic rings. The number of hydrogen-bond acceptors (Lipinski definition) is 3. The molecule has 0 radical (unpaired) electrons. The summed E-state index contributed by atoms with van der Waals surface area (Å²) < 4.78 is 0. The van der Waals surface area contributed by atoms with Crippen LogP contribution in [0, 0.1) is 11.8 Å². The molecule has 4 heteroatoms. The van der Waals surface area contributed by atoms with E-state index in [0.717, 1.165) is 18.7 Å². The van der Waals surface area contributed by atoms with E-state index < -0.39 is 0 Å². The lowest BCUT2D eigenvalue weighted by molar-refractivity contribution is -0.123. The van der Waals surface area contributed by atoms with Crippen LogP contribution in [-0.4, -0.2) is 24.0 Å². The fraction of sp³-hybridized carbons (Fsp3) is 0.625. The molecule has 0 aliphatic carbocycles. The van der Waals surface area contributed by atoms with Crippen molar-refractivity contribution in [2.24, 2.45) is 11.8 Å². The average molecular weight is 275 g/mol. The molecule has 3 atom stereocenters. The molecule has 1 aromatic heterocycles. The Kier molecular flexibility index (Phi) is 5.53. The van der Waals surface area contributed by atoms with Gasteiger partial charge in [-0.3, -0.25) is 9.78 Å². The summed E-state index contributed by atoms with van der Waals surface area (Å²) >= 11 is 0. The first-order valence-electron chi connectivity index (χ1n) is 7.57. The van der Waals surface area contributed by atoms with Crippen molar-refractivity contribution in [2.75, 3.05) is 13.1 Å². The van der Waals surface area contributed by atoms with Crippen LogP contribution in [0.5, 0.6) is 0 Å². The molecule has 1 amide bonds. The van der Waals surface area contributed by atoms with Gasteiger partial charge in [-0.25, -0.2) is 0 Å². The Labute approximate surface area is 121 Å². The molecule has 2 rings (SSSR count). The number of aromatic nitrogens is 1. The van der Waals surface area contributed by atoms with Gasteiger partial charge < -0.3 is 10.6 Å². The van der Waals surface area contributed by atoms with Crippen molar-refractivity contribution in [1.82, 2.24) is 15.6 Å². The maximum absolute atomic E-state index is 12.1. The number of amides is 1. The number of nitrogens with one attached hydrogen (secondary N) is 2. The summed E-state index contributed by atoms with van der Waals surface area (Å²) in [5, 5.41) is 6.50. The summed E-state index contributed by atoms with van der Waals surface area (Å²) in [6.07, 6.45) is 6.59. The summed E-state index contributed by atoms with van der Waals surface area (Å²) in [7, 11) is 0. The molecule has 110 valence electrons. The number of piperidine rings is 1. The van der Waals surface area contributed by atoms with Gasteiger partial charge >= 0.3 is 0 Å². The highest BCUT2D eigenvalue weighted by Crippen LogP contribution is 2.22. The molecule has 1 aromatic rings. The normalized spacial score (nSPS) is 22.0. The van der Waals surface area contributed by atoms with Crippen molar-refractivity contribution >= 4 is 5.91 Å².